The minimum absolute atomic E-state index is 0.0107. The number of nitrogens with two attached hydrogens (primary N) is 3. The van der Waals surface area contributed by atoms with Gasteiger partial charge in [-0.3, -0.25) is 19.4 Å². The van der Waals surface area contributed by atoms with Crippen LogP contribution >= 0.6 is 24.4 Å². The molecule has 0 spiro atoms. The third-order valence-corrected chi connectivity index (χ3v) is 6.18. The zero-order valence-corrected chi connectivity index (χ0v) is 20.4. The Morgan fingerprint density at radius 3 is 2.42 bits per heavy atom. The van der Waals surface area contributed by atoms with Gasteiger partial charge in [0.2, 0.25) is 17.7 Å². The summed E-state index contributed by atoms with van der Waals surface area (Å²) in [5.41, 5.74) is 16.4. The lowest BCUT2D eigenvalue weighted by atomic mass is 10.1. The minimum atomic E-state index is -1.06. The third kappa shape index (κ3) is 9.68. The summed E-state index contributed by atoms with van der Waals surface area (Å²) < 4.78 is 0. The molecular formula is C19H35N7O5S2. The molecule has 1 heterocycles. The molecule has 0 saturated carbocycles. The number of amides is 3. The maximum atomic E-state index is 13.0. The van der Waals surface area contributed by atoms with E-state index in [0.29, 0.717) is 50.9 Å². The standard InChI is InChI=1S/C19H35N7O5S2/c1-33-9-6-12(17(29)26-8-3-5-14(26)18(30)31)24-16(28)13(10-32)25-15(27)11(20)4-2-7-23-19(21)22/h11-14,32H,2-10,20H2,1H3,(H,24,28)(H,25,27)(H,30,31)(H4,21,22,23). The molecule has 9 N–H and O–H groups in total. The Bertz CT molecular complexity index is 721. The molecule has 0 bridgehead atoms. The minimum Gasteiger partial charge on any atom is -0.480 e. The molecule has 0 aliphatic carbocycles. The molecule has 1 rings (SSSR count). The van der Waals surface area contributed by atoms with Crippen molar-refractivity contribution in [2.75, 3.05) is 30.9 Å². The van der Waals surface area contributed by atoms with Crippen molar-refractivity contribution in [3.8, 4) is 0 Å². The number of hydrogen-bond acceptors (Lipinski definition) is 8. The molecule has 0 aromatic rings. The highest BCUT2D eigenvalue weighted by molar-refractivity contribution is 7.98. The number of thioether (sulfide) groups is 1. The Morgan fingerprint density at radius 1 is 1.18 bits per heavy atom. The molecule has 1 fully saturated rings. The summed E-state index contributed by atoms with van der Waals surface area (Å²) in [6, 6.07) is -3.69. The van der Waals surface area contributed by atoms with Crippen molar-refractivity contribution >= 4 is 54.0 Å². The highest BCUT2D eigenvalue weighted by atomic mass is 32.2. The van der Waals surface area contributed by atoms with Gasteiger partial charge in [0.15, 0.2) is 5.96 Å². The molecule has 0 radical (unpaired) electrons. The molecule has 0 aromatic carbocycles. The van der Waals surface area contributed by atoms with E-state index in [-0.39, 0.29) is 11.7 Å². The van der Waals surface area contributed by atoms with Crippen LogP contribution in [0.2, 0.25) is 0 Å². The van der Waals surface area contributed by atoms with E-state index in [2.05, 4.69) is 28.3 Å². The number of carbonyl (C=O) groups excluding carboxylic acids is 3. The topological polar surface area (TPSA) is 206 Å². The molecule has 188 valence electrons. The van der Waals surface area contributed by atoms with Crippen molar-refractivity contribution in [3.63, 3.8) is 0 Å². The Balaban J connectivity index is 2.75. The summed E-state index contributed by atoms with van der Waals surface area (Å²) >= 11 is 5.64. The van der Waals surface area contributed by atoms with E-state index >= 15 is 0 Å². The van der Waals surface area contributed by atoms with Gasteiger partial charge in [-0.05, 0) is 44.1 Å². The van der Waals surface area contributed by atoms with Gasteiger partial charge in [-0.15, -0.1) is 0 Å². The normalized spacial score (nSPS) is 18.2. The molecule has 14 heteroatoms. The summed E-state index contributed by atoms with van der Waals surface area (Å²) in [6.07, 6.45) is 3.94. The van der Waals surface area contributed by atoms with Crippen LogP contribution in [0.3, 0.4) is 0 Å². The van der Waals surface area contributed by atoms with Gasteiger partial charge < -0.3 is 37.8 Å². The van der Waals surface area contributed by atoms with E-state index in [1.807, 2.05) is 6.26 Å². The Kier molecular flexibility index (Phi) is 13.0. The van der Waals surface area contributed by atoms with Gasteiger partial charge in [0, 0.05) is 18.8 Å². The van der Waals surface area contributed by atoms with Crippen LogP contribution in [0.5, 0.6) is 0 Å². The molecule has 4 unspecified atom stereocenters. The first-order valence-electron chi connectivity index (χ1n) is 10.7. The summed E-state index contributed by atoms with van der Waals surface area (Å²) in [5.74, 6) is -2.10. The highest BCUT2D eigenvalue weighted by Gasteiger charge is 2.38. The lowest BCUT2D eigenvalue weighted by Gasteiger charge is -2.28. The maximum absolute atomic E-state index is 13.0. The number of carbonyl (C=O) groups is 4. The van der Waals surface area contributed by atoms with E-state index < -0.39 is 47.9 Å². The molecule has 4 atom stereocenters. The van der Waals surface area contributed by atoms with Crippen molar-refractivity contribution < 1.29 is 24.3 Å². The Labute approximate surface area is 203 Å². The number of nitrogens with one attached hydrogen (secondary N) is 2. The van der Waals surface area contributed by atoms with Gasteiger partial charge in [-0.2, -0.15) is 24.4 Å². The zero-order chi connectivity index (χ0) is 25.0. The first kappa shape index (κ1) is 28.8. The number of carboxylic acid groups (broad SMARTS) is 1. The first-order valence-corrected chi connectivity index (χ1v) is 12.7. The number of thiol groups is 1. The predicted molar refractivity (Wildman–Crippen MR) is 131 cm³/mol. The third-order valence-electron chi connectivity index (χ3n) is 5.17. The summed E-state index contributed by atoms with van der Waals surface area (Å²) in [4.78, 5) is 54.8. The molecule has 12 nitrogen and oxygen atoms in total. The number of hydrogen-bond donors (Lipinski definition) is 7. The average Bonchev–Trinajstić information content (AvgIpc) is 3.27. The summed E-state index contributed by atoms with van der Waals surface area (Å²) in [7, 11) is 0. The quantitative estimate of drug-likeness (QED) is 0.0608. The molecule has 1 saturated heterocycles. The number of rotatable bonds is 14. The van der Waals surface area contributed by atoms with Gasteiger partial charge in [0.25, 0.3) is 0 Å². The number of aliphatic imine (C=N–C) groups is 1. The van der Waals surface area contributed by atoms with Crippen LogP contribution in [0.1, 0.15) is 32.1 Å². The molecule has 1 aliphatic rings. The van der Waals surface area contributed by atoms with Crippen LogP contribution in [0.4, 0.5) is 0 Å². The fourth-order valence-electron chi connectivity index (χ4n) is 3.38. The Morgan fingerprint density at radius 2 is 1.85 bits per heavy atom. The number of guanidine groups is 1. The molecule has 33 heavy (non-hydrogen) atoms. The van der Waals surface area contributed by atoms with E-state index in [1.54, 1.807) is 0 Å². The molecule has 1 aliphatic heterocycles. The lowest BCUT2D eigenvalue weighted by molar-refractivity contribution is -0.149. The van der Waals surface area contributed by atoms with Gasteiger partial charge >= 0.3 is 5.97 Å². The maximum Gasteiger partial charge on any atom is 0.326 e. The van der Waals surface area contributed by atoms with Crippen molar-refractivity contribution in [2.45, 2.75) is 56.3 Å². The van der Waals surface area contributed by atoms with E-state index in [0.717, 1.165) is 0 Å². The van der Waals surface area contributed by atoms with Gasteiger partial charge in [-0.25, -0.2) is 4.79 Å². The predicted octanol–water partition coefficient (Wildman–Crippen LogP) is -1.90. The van der Waals surface area contributed by atoms with Gasteiger partial charge in [0.05, 0.1) is 6.04 Å². The summed E-state index contributed by atoms with van der Waals surface area (Å²) in [6.45, 7) is 0.649. The van der Waals surface area contributed by atoms with Crippen LogP contribution in [-0.4, -0.2) is 94.7 Å². The van der Waals surface area contributed by atoms with Crippen LogP contribution in [-0.2, 0) is 19.2 Å². The van der Waals surface area contributed by atoms with E-state index in [1.165, 1.54) is 16.7 Å². The smallest absolute Gasteiger partial charge is 0.326 e. The van der Waals surface area contributed by atoms with Crippen molar-refractivity contribution in [2.24, 2.45) is 22.2 Å². The zero-order valence-electron chi connectivity index (χ0n) is 18.7. The highest BCUT2D eigenvalue weighted by Crippen LogP contribution is 2.19. The second kappa shape index (κ2) is 14.9. The summed E-state index contributed by atoms with van der Waals surface area (Å²) in [5, 5.41) is 14.6. The molecule has 0 aromatic heterocycles. The molecular weight excluding hydrogens is 470 g/mol. The van der Waals surface area contributed by atoms with E-state index in [4.69, 9.17) is 17.2 Å². The fraction of sp³-hybridized carbons (Fsp3) is 0.737. The fourth-order valence-corrected chi connectivity index (χ4v) is 4.10. The monoisotopic (exact) mass is 505 g/mol. The largest absolute Gasteiger partial charge is 0.480 e. The average molecular weight is 506 g/mol. The van der Waals surface area contributed by atoms with Crippen molar-refractivity contribution in [1.82, 2.24) is 15.5 Å². The number of nitrogens with zero attached hydrogens (tertiary/aromatic N) is 2. The Hall–Kier alpha value is -2.19. The van der Waals surface area contributed by atoms with Crippen LogP contribution in [0.25, 0.3) is 0 Å². The molecule has 3 amide bonds. The van der Waals surface area contributed by atoms with E-state index in [9.17, 15) is 24.3 Å². The number of carboxylic acids is 1. The van der Waals surface area contributed by atoms with Crippen LogP contribution < -0.4 is 27.8 Å². The van der Waals surface area contributed by atoms with Gasteiger partial charge in [0.1, 0.15) is 18.1 Å². The number of aliphatic carboxylic acids is 1. The van der Waals surface area contributed by atoms with Gasteiger partial charge in [-0.1, -0.05) is 0 Å². The second-order valence-corrected chi connectivity index (χ2v) is 9.02. The number of likely N-dealkylation sites (tertiary alicyclic amines) is 1. The SMILES string of the molecule is CSCCC(NC(=O)C(CS)NC(=O)C(N)CCCN=C(N)N)C(=O)N1CCCC1C(=O)O. The van der Waals surface area contributed by atoms with Crippen LogP contribution in [0.15, 0.2) is 4.99 Å². The lowest BCUT2D eigenvalue weighted by Crippen LogP contribution is -2.57. The first-order chi connectivity index (χ1) is 15.6. The van der Waals surface area contributed by atoms with Crippen molar-refractivity contribution in [1.29, 1.82) is 0 Å². The van der Waals surface area contributed by atoms with Crippen molar-refractivity contribution in [3.05, 3.63) is 0 Å². The second-order valence-electron chi connectivity index (χ2n) is 7.67. The van der Waals surface area contributed by atoms with Crippen LogP contribution in [0, 0.1) is 0 Å².